The Kier molecular flexibility index (Phi) is 5.65. The van der Waals surface area contributed by atoms with Crippen molar-refractivity contribution in [2.24, 2.45) is 5.41 Å². The first-order chi connectivity index (χ1) is 10.0. The van der Waals surface area contributed by atoms with Gasteiger partial charge in [-0.15, -0.1) is 0 Å². The van der Waals surface area contributed by atoms with E-state index >= 15 is 0 Å². The molecule has 2 rings (SSSR count). The van der Waals surface area contributed by atoms with Crippen molar-refractivity contribution in [3.05, 3.63) is 29.8 Å². The Bertz CT molecular complexity index is 421. The number of benzene rings is 1. The zero-order valence-electron chi connectivity index (χ0n) is 13.6. The summed E-state index contributed by atoms with van der Waals surface area (Å²) in [5.74, 6) is 1.62. The maximum Gasteiger partial charge on any atom is 0.118 e. The molecule has 1 aliphatic carbocycles. The molecule has 3 nitrogen and oxygen atoms in total. The maximum absolute atomic E-state index is 8.93. The topological polar surface area (TPSA) is 41.5 Å². The van der Waals surface area contributed by atoms with E-state index in [0.29, 0.717) is 18.6 Å². The number of ether oxygens (including phenoxy) is 1. The minimum Gasteiger partial charge on any atom is -0.497 e. The third-order valence-corrected chi connectivity index (χ3v) is 4.61. The zero-order valence-corrected chi connectivity index (χ0v) is 13.6. The summed E-state index contributed by atoms with van der Waals surface area (Å²) in [6.07, 6.45) is 4.42. The van der Waals surface area contributed by atoms with Crippen molar-refractivity contribution in [3.63, 3.8) is 0 Å². The predicted molar refractivity (Wildman–Crippen MR) is 86.9 cm³/mol. The summed E-state index contributed by atoms with van der Waals surface area (Å²) < 4.78 is 5.20. The summed E-state index contributed by atoms with van der Waals surface area (Å²) in [6.45, 7) is 5.88. The molecule has 1 aromatic rings. The van der Waals surface area contributed by atoms with Gasteiger partial charge in [0.05, 0.1) is 7.11 Å². The minimum absolute atomic E-state index is 0.272. The summed E-state index contributed by atoms with van der Waals surface area (Å²) in [7, 11) is 1.71. The van der Waals surface area contributed by atoms with E-state index in [4.69, 9.17) is 9.84 Å². The van der Waals surface area contributed by atoms with E-state index in [1.165, 1.54) is 18.4 Å². The van der Waals surface area contributed by atoms with Gasteiger partial charge in [-0.05, 0) is 54.7 Å². The first kappa shape index (κ1) is 16.3. The van der Waals surface area contributed by atoms with E-state index in [1.54, 1.807) is 7.11 Å². The number of methoxy groups -OCH3 is 1. The van der Waals surface area contributed by atoms with Crippen LogP contribution in [0.25, 0.3) is 0 Å². The zero-order chi connectivity index (χ0) is 15.3. The molecule has 1 aromatic carbocycles. The minimum atomic E-state index is 0.272. The molecule has 0 spiro atoms. The fraction of sp³-hybridized carbons (Fsp3) is 0.667. The van der Waals surface area contributed by atoms with Crippen LogP contribution in [0.15, 0.2) is 24.3 Å². The number of hydrogen-bond donors (Lipinski definition) is 2. The van der Waals surface area contributed by atoms with Crippen LogP contribution in [0.3, 0.4) is 0 Å². The molecule has 0 bridgehead atoms. The molecule has 1 aliphatic rings. The molecule has 1 saturated carbocycles. The molecule has 0 radical (unpaired) electrons. The van der Waals surface area contributed by atoms with Crippen molar-refractivity contribution in [1.29, 1.82) is 0 Å². The molecule has 0 heterocycles. The largest absolute Gasteiger partial charge is 0.497 e. The van der Waals surface area contributed by atoms with Crippen molar-refractivity contribution >= 4 is 0 Å². The molecule has 1 fully saturated rings. The average Bonchev–Trinajstić information content (AvgIpc) is 2.44. The summed E-state index contributed by atoms with van der Waals surface area (Å²) >= 11 is 0. The molecule has 0 amide bonds. The molecule has 2 N–H and O–H groups in total. The second-order valence-corrected chi connectivity index (χ2v) is 7.01. The molecule has 3 heteroatoms. The van der Waals surface area contributed by atoms with Crippen molar-refractivity contribution in [2.45, 2.75) is 51.5 Å². The highest BCUT2D eigenvalue weighted by molar-refractivity contribution is 5.30. The standard InChI is InChI=1S/C18H29NO2/c1-18(2,9-4-10-20)13-19-16-11-15(12-16)14-5-7-17(21-3)8-6-14/h5-8,15-16,19-20H,4,9-13H2,1-3H3. The van der Waals surface area contributed by atoms with Crippen LogP contribution in [0.1, 0.15) is 51.0 Å². The maximum atomic E-state index is 8.93. The molecule has 0 aliphatic heterocycles. The van der Waals surface area contributed by atoms with Crippen molar-refractivity contribution in [2.75, 3.05) is 20.3 Å². The summed E-state index contributed by atoms with van der Waals surface area (Å²) in [4.78, 5) is 0. The summed E-state index contributed by atoms with van der Waals surface area (Å²) in [6, 6.07) is 9.11. The van der Waals surface area contributed by atoms with Crippen LogP contribution >= 0.6 is 0 Å². The van der Waals surface area contributed by atoms with Gasteiger partial charge in [0.25, 0.3) is 0 Å². The van der Waals surface area contributed by atoms with Crippen molar-refractivity contribution in [1.82, 2.24) is 5.32 Å². The highest BCUT2D eigenvalue weighted by Crippen LogP contribution is 2.37. The van der Waals surface area contributed by atoms with Gasteiger partial charge in [-0.25, -0.2) is 0 Å². The molecular formula is C18H29NO2. The van der Waals surface area contributed by atoms with E-state index in [1.807, 2.05) is 12.1 Å². The summed E-state index contributed by atoms with van der Waals surface area (Å²) in [5, 5.41) is 12.6. The van der Waals surface area contributed by atoms with Crippen LogP contribution in [0.5, 0.6) is 5.75 Å². The molecule has 118 valence electrons. The third-order valence-electron chi connectivity index (χ3n) is 4.61. The Morgan fingerprint density at radius 1 is 1.24 bits per heavy atom. The Hall–Kier alpha value is -1.06. The van der Waals surface area contributed by atoms with Gasteiger partial charge in [0.2, 0.25) is 0 Å². The second kappa shape index (κ2) is 7.28. The summed E-state index contributed by atoms with van der Waals surface area (Å²) in [5.41, 5.74) is 1.70. The smallest absolute Gasteiger partial charge is 0.118 e. The number of hydrogen-bond acceptors (Lipinski definition) is 3. The van der Waals surface area contributed by atoms with Crippen LogP contribution in [-0.4, -0.2) is 31.4 Å². The third kappa shape index (κ3) is 4.72. The molecule has 0 unspecified atom stereocenters. The monoisotopic (exact) mass is 291 g/mol. The Morgan fingerprint density at radius 2 is 1.90 bits per heavy atom. The number of aliphatic hydroxyl groups is 1. The lowest BCUT2D eigenvalue weighted by atomic mass is 9.75. The molecule has 0 atom stereocenters. The fourth-order valence-corrected chi connectivity index (χ4v) is 3.00. The van der Waals surface area contributed by atoms with Crippen molar-refractivity contribution in [3.8, 4) is 5.75 Å². The van der Waals surface area contributed by atoms with E-state index in [9.17, 15) is 0 Å². The number of aliphatic hydroxyl groups excluding tert-OH is 1. The SMILES string of the molecule is COc1ccc(C2CC(NCC(C)(C)CCCO)C2)cc1. The molecule has 21 heavy (non-hydrogen) atoms. The molecule has 0 aromatic heterocycles. The van der Waals surface area contributed by atoms with Gasteiger partial charge in [-0.3, -0.25) is 0 Å². The first-order valence-electron chi connectivity index (χ1n) is 8.02. The number of nitrogens with one attached hydrogen (secondary N) is 1. The Labute approximate surface area is 128 Å². The van der Waals surface area contributed by atoms with E-state index in [2.05, 4.69) is 31.3 Å². The van der Waals surface area contributed by atoms with Gasteiger partial charge in [0.1, 0.15) is 5.75 Å². The van der Waals surface area contributed by atoms with Crippen molar-refractivity contribution < 1.29 is 9.84 Å². The average molecular weight is 291 g/mol. The van der Waals surface area contributed by atoms with Crippen LogP contribution in [0, 0.1) is 5.41 Å². The van der Waals surface area contributed by atoms with Crippen LogP contribution in [0.4, 0.5) is 0 Å². The van der Waals surface area contributed by atoms with Gasteiger partial charge in [-0.1, -0.05) is 26.0 Å². The highest BCUT2D eigenvalue weighted by atomic mass is 16.5. The van der Waals surface area contributed by atoms with Gasteiger partial charge in [0, 0.05) is 19.2 Å². The van der Waals surface area contributed by atoms with Gasteiger partial charge in [0.15, 0.2) is 0 Å². The molecular weight excluding hydrogens is 262 g/mol. The van der Waals surface area contributed by atoms with Crippen LogP contribution < -0.4 is 10.1 Å². The predicted octanol–water partition coefficient (Wildman–Crippen LogP) is 3.33. The lowest BCUT2D eigenvalue weighted by Gasteiger charge is -2.38. The van der Waals surface area contributed by atoms with Gasteiger partial charge < -0.3 is 15.2 Å². The lowest BCUT2D eigenvalue weighted by molar-refractivity contribution is 0.210. The number of rotatable bonds is 8. The van der Waals surface area contributed by atoms with E-state index in [-0.39, 0.29) is 5.41 Å². The van der Waals surface area contributed by atoms with E-state index in [0.717, 1.165) is 25.1 Å². The molecule has 0 saturated heterocycles. The van der Waals surface area contributed by atoms with E-state index < -0.39 is 0 Å². The van der Waals surface area contributed by atoms with Gasteiger partial charge in [-0.2, -0.15) is 0 Å². The quantitative estimate of drug-likeness (QED) is 0.772. The second-order valence-electron chi connectivity index (χ2n) is 7.01. The Balaban J connectivity index is 1.71. The Morgan fingerprint density at radius 3 is 2.48 bits per heavy atom. The van der Waals surface area contributed by atoms with Crippen LogP contribution in [0.2, 0.25) is 0 Å². The first-order valence-corrected chi connectivity index (χ1v) is 8.02. The van der Waals surface area contributed by atoms with Gasteiger partial charge >= 0.3 is 0 Å². The normalized spacial score (nSPS) is 21.9. The van der Waals surface area contributed by atoms with Crippen LogP contribution in [-0.2, 0) is 0 Å². The highest BCUT2D eigenvalue weighted by Gasteiger charge is 2.31. The fourth-order valence-electron chi connectivity index (χ4n) is 3.00. The lowest BCUT2D eigenvalue weighted by Crippen LogP contribution is -2.44.